The fourth-order valence-corrected chi connectivity index (χ4v) is 2.45. The van der Waals surface area contributed by atoms with Crippen molar-refractivity contribution in [2.45, 2.75) is 25.7 Å². The molecule has 0 heterocycles. The predicted octanol–water partition coefficient (Wildman–Crippen LogP) is 3.34. The van der Waals surface area contributed by atoms with Gasteiger partial charge in [-0.1, -0.05) is 30.3 Å². The van der Waals surface area contributed by atoms with Gasteiger partial charge in [-0.15, -0.1) is 0 Å². The fourth-order valence-electron chi connectivity index (χ4n) is 2.45. The fraction of sp³-hybridized carbons (Fsp3) is 0.300. The highest BCUT2D eigenvalue weighted by atomic mass is 16.6. The molecule has 0 N–H and O–H groups in total. The molecule has 0 spiro atoms. The van der Waals surface area contributed by atoms with Crippen LogP contribution < -0.4 is 9.47 Å². The van der Waals surface area contributed by atoms with E-state index in [4.69, 9.17) is 14.2 Å². The number of esters is 2. The maximum Gasteiger partial charge on any atom is 0.318 e. The summed E-state index contributed by atoms with van der Waals surface area (Å²) >= 11 is 0. The molecule has 0 unspecified atom stereocenters. The van der Waals surface area contributed by atoms with Crippen molar-refractivity contribution in [1.29, 1.82) is 0 Å². The first-order valence-electron chi connectivity index (χ1n) is 8.10. The van der Waals surface area contributed by atoms with Gasteiger partial charge in [0.2, 0.25) is 0 Å². The molecule has 0 amide bonds. The van der Waals surface area contributed by atoms with Crippen molar-refractivity contribution >= 4 is 11.9 Å². The number of hydrogen-bond acceptors (Lipinski definition) is 5. The molecule has 5 nitrogen and oxygen atoms in total. The SMILES string of the molecule is COc1ccc(CCCC(=O)OC(=O)Cc2ccccc2OC)cc1. The lowest BCUT2D eigenvalue weighted by Crippen LogP contribution is -2.15. The number of para-hydroxylation sites is 1. The van der Waals surface area contributed by atoms with Crippen molar-refractivity contribution in [3.63, 3.8) is 0 Å². The number of rotatable bonds is 8. The van der Waals surface area contributed by atoms with Crippen LogP contribution in [-0.2, 0) is 27.2 Å². The van der Waals surface area contributed by atoms with Gasteiger partial charge in [-0.05, 0) is 36.6 Å². The molecule has 0 atom stereocenters. The number of carbonyl (C=O) groups is 2. The lowest BCUT2D eigenvalue weighted by molar-refractivity contribution is -0.159. The van der Waals surface area contributed by atoms with E-state index in [0.717, 1.165) is 17.7 Å². The summed E-state index contributed by atoms with van der Waals surface area (Å²) in [5.41, 5.74) is 1.80. The van der Waals surface area contributed by atoms with E-state index in [1.54, 1.807) is 19.2 Å². The Labute approximate surface area is 147 Å². The van der Waals surface area contributed by atoms with Gasteiger partial charge in [0.25, 0.3) is 0 Å². The van der Waals surface area contributed by atoms with Gasteiger partial charge in [0.05, 0.1) is 20.6 Å². The molecule has 0 aliphatic heterocycles. The van der Waals surface area contributed by atoms with E-state index in [9.17, 15) is 9.59 Å². The Kier molecular flexibility index (Phi) is 7.01. The molecule has 0 aromatic heterocycles. The van der Waals surface area contributed by atoms with Crippen LogP contribution in [0.2, 0.25) is 0 Å². The average molecular weight is 342 g/mol. The molecular formula is C20H22O5. The van der Waals surface area contributed by atoms with Crippen molar-refractivity contribution in [2.24, 2.45) is 0 Å². The second-order valence-electron chi connectivity index (χ2n) is 5.54. The molecule has 132 valence electrons. The van der Waals surface area contributed by atoms with Crippen LogP contribution in [0, 0.1) is 0 Å². The second kappa shape index (κ2) is 9.47. The first kappa shape index (κ1) is 18.5. The van der Waals surface area contributed by atoms with E-state index in [1.807, 2.05) is 36.4 Å². The number of aryl methyl sites for hydroxylation is 1. The first-order chi connectivity index (χ1) is 12.1. The van der Waals surface area contributed by atoms with E-state index in [2.05, 4.69) is 0 Å². The smallest absolute Gasteiger partial charge is 0.318 e. The van der Waals surface area contributed by atoms with Gasteiger partial charge in [0.1, 0.15) is 11.5 Å². The summed E-state index contributed by atoms with van der Waals surface area (Å²) in [5.74, 6) is 0.323. The molecule has 2 aromatic rings. The molecule has 0 bridgehead atoms. The predicted molar refractivity (Wildman–Crippen MR) is 93.7 cm³/mol. The summed E-state index contributed by atoms with van der Waals surface area (Å²) < 4.78 is 15.2. The summed E-state index contributed by atoms with van der Waals surface area (Å²) in [4.78, 5) is 23.7. The standard InChI is InChI=1S/C20H22O5/c1-23-17-12-10-15(11-13-17)6-5-9-19(21)25-20(22)14-16-7-3-4-8-18(16)24-2/h3-4,7-8,10-13H,5-6,9,14H2,1-2H3. The second-order valence-corrected chi connectivity index (χ2v) is 5.54. The monoisotopic (exact) mass is 342 g/mol. The van der Waals surface area contributed by atoms with Crippen LogP contribution in [-0.4, -0.2) is 26.2 Å². The first-order valence-corrected chi connectivity index (χ1v) is 8.10. The van der Waals surface area contributed by atoms with Crippen LogP contribution in [0.25, 0.3) is 0 Å². The maximum atomic E-state index is 11.9. The Hall–Kier alpha value is -2.82. The van der Waals surface area contributed by atoms with E-state index < -0.39 is 11.9 Å². The van der Waals surface area contributed by atoms with Crippen LogP contribution in [0.5, 0.6) is 11.5 Å². The van der Waals surface area contributed by atoms with Crippen LogP contribution in [0.4, 0.5) is 0 Å². The minimum atomic E-state index is -0.570. The topological polar surface area (TPSA) is 61.8 Å². The van der Waals surface area contributed by atoms with Crippen LogP contribution in [0.3, 0.4) is 0 Å². The molecule has 0 radical (unpaired) electrons. The van der Waals surface area contributed by atoms with Gasteiger partial charge >= 0.3 is 11.9 Å². The van der Waals surface area contributed by atoms with Gasteiger partial charge in [0.15, 0.2) is 0 Å². The zero-order valence-corrected chi connectivity index (χ0v) is 14.5. The molecule has 0 aliphatic rings. The zero-order valence-electron chi connectivity index (χ0n) is 14.5. The third-order valence-corrected chi connectivity index (χ3v) is 3.76. The van der Waals surface area contributed by atoms with Crippen LogP contribution in [0.1, 0.15) is 24.0 Å². The highest BCUT2D eigenvalue weighted by molar-refractivity contribution is 5.86. The lowest BCUT2D eigenvalue weighted by Gasteiger charge is -2.07. The van der Waals surface area contributed by atoms with Gasteiger partial charge < -0.3 is 14.2 Å². The zero-order chi connectivity index (χ0) is 18.1. The number of ether oxygens (including phenoxy) is 3. The molecule has 25 heavy (non-hydrogen) atoms. The Balaban J connectivity index is 1.74. The largest absolute Gasteiger partial charge is 0.497 e. The summed E-state index contributed by atoms with van der Waals surface area (Å²) in [7, 11) is 3.15. The minimum Gasteiger partial charge on any atom is -0.497 e. The van der Waals surface area contributed by atoms with Crippen molar-refractivity contribution in [1.82, 2.24) is 0 Å². The Morgan fingerprint density at radius 2 is 1.60 bits per heavy atom. The molecule has 0 aliphatic carbocycles. The van der Waals surface area contributed by atoms with Crippen molar-refractivity contribution in [3.8, 4) is 11.5 Å². The minimum absolute atomic E-state index is 0.00817. The van der Waals surface area contributed by atoms with Crippen molar-refractivity contribution in [3.05, 3.63) is 59.7 Å². The quantitative estimate of drug-likeness (QED) is 0.544. The number of carbonyl (C=O) groups excluding carboxylic acids is 2. The number of methoxy groups -OCH3 is 2. The number of benzene rings is 2. The van der Waals surface area contributed by atoms with E-state index in [-0.39, 0.29) is 12.8 Å². The highest BCUT2D eigenvalue weighted by Gasteiger charge is 2.13. The molecule has 2 rings (SSSR count). The molecule has 5 heteroatoms. The Bertz CT molecular complexity index is 706. The van der Waals surface area contributed by atoms with Crippen LogP contribution >= 0.6 is 0 Å². The highest BCUT2D eigenvalue weighted by Crippen LogP contribution is 2.18. The summed E-state index contributed by atoms with van der Waals surface area (Å²) in [6.45, 7) is 0. The van der Waals surface area contributed by atoms with E-state index in [0.29, 0.717) is 17.7 Å². The molecule has 0 saturated heterocycles. The lowest BCUT2D eigenvalue weighted by atomic mass is 10.1. The molecular weight excluding hydrogens is 320 g/mol. The van der Waals surface area contributed by atoms with Crippen molar-refractivity contribution in [2.75, 3.05) is 14.2 Å². The Morgan fingerprint density at radius 1 is 0.880 bits per heavy atom. The summed E-state index contributed by atoms with van der Waals surface area (Å²) in [5, 5.41) is 0. The van der Waals surface area contributed by atoms with Gasteiger partial charge in [-0.3, -0.25) is 9.59 Å². The van der Waals surface area contributed by atoms with E-state index in [1.165, 1.54) is 7.11 Å². The maximum absolute atomic E-state index is 11.9. The summed E-state index contributed by atoms with van der Waals surface area (Å²) in [6, 6.07) is 14.8. The average Bonchev–Trinajstić information content (AvgIpc) is 2.62. The molecule has 2 aromatic carbocycles. The van der Waals surface area contributed by atoms with E-state index >= 15 is 0 Å². The Morgan fingerprint density at radius 3 is 2.28 bits per heavy atom. The van der Waals surface area contributed by atoms with Crippen molar-refractivity contribution < 1.29 is 23.8 Å². The normalized spacial score (nSPS) is 10.2. The van der Waals surface area contributed by atoms with Gasteiger partial charge in [0, 0.05) is 12.0 Å². The summed E-state index contributed by atoms with van der Waals surface area (Å²) in [6.07, 6.45) is 1.56. The van der Waals surface area contributed by atoms with Gasteiger partial charge in [-0.25, -0.2) is 0 Å². The van der Waals surface area contributed by atoms with Gasteiger partial charge in [-0.2, -0.15) is 0 Å². The molecule has 0 saturated carbocycles. The molecule has 0 fully saturated rings. The third kappa shape index (κ3) is 5.95. The number of hydrogen-bond donors (Lipinski definition) is 0. The van der Waals surface area contributed by atoms with Crippen LogP contribution in [0.15, 0.2) is 48.5 Å². The third-order valence-electron chi connectivity index (χ3n) is 3.76.